The van der Waals surface area contributed by atoms with Crippen LogP contribution in [0.3, 0.4) is 0 Å². The van der Waals surface area contributed by atoms with E-state index >= 15 is 0 Å². The molecule has 130 valence electrons. The predicted molar refractivity (Wildman–Crippen MR) is 85.3 cm³/mol. The second-order valence-electron chi connectivity index (χ2n) is 4.92. The van der Waals surface area contributed by atoms with Gasteiger partial charge in [0.05, 0.1) is 7.11 Å². The number of halogens is 2. The Bertz CT molecular complexity index is 830. The normalized spacial score (nSPS) is 10.7. The number of phenolic OH excluding ortho intramolecular Hbond substituents is 1. The summed E-state index contributed by atoms with van der Waals surface area (Å²) in [5.74, 6) is -3.47. The number of phenols is 1. The van der Waals surface area contributed by atoms with Crippen molar-refractivity contribution >= 4 is 17.8 Å². The zero-order valence-corrected chi connectivity index (χ0v) is 13.2. The third-order valence-electron chi connectivity index (χ3n) is 3.20. The highest BCUT2D eigenvalue weighted by Crippen LogP contribution is 2.26. The molecule has 0 saturated carbocycles. The molecule has 7 heteroatoms. The summed E-state index contributed by atoms with van der Waals surface area (Å²) in [4.78, 5) is 23.4. The van der Waals surface area contributed by atoms with E-state index in [-0.39, 0.29) is 17.1 Å². The third-order valence-corrected chi connectivity index (χ3v) is 3.20. The Labute approximate surface area is 142 Å². The van der Waals surface area contributed by atoms with Crippen molar-refractivity contribution in [3.8, 4) is 11.5 Å². The van der Waals surface area contributed by atoms with Crippen molar-refractivity contribution in [2.45, 2.75) is 0 Å². The molecule has 0 spiro atoms. The van der Waals surface area contributed by atoms with Crippen LogP contribution in [0.4, 0.5) is 8.78 Å². The Hall–Kier alpha value is -3.22. The number of carbonyl (C=O) groups is 2. The molecule has 0 bridgehead atoms. The molecule has 0 unspecified atom stereocenters. The number of Topliss-reactive ketones (excluding diaryl/α,β-unsaturated/α-hetero) is 1. The first-order valence-corrected chi connectivity index (χ1v) is 7.11. The number of hydrogen-bond acceptors (Lipinski definition) is 5. The van der Waals surface area contributed by atoms with E-state index in [0.29, 0.717) is 5.56 Å². The molecule has 0 amide bonds. The molecule has 0 aliphatic carbocycles. The van der Waals surface area contributed by atoms with Gasteiger partial charge in [0.15, 0.2) is 35.5 Å². The van der Waals surface area contributed by atoms with Gasteiger partial charge < -0.3 is 14.6 Å². The highest BCUT2D eigenvalue weighted by Gasteiger charge is 2.11. The Morgan fingerprint density at radius 2 is 1.88 bits per heavy atom. The number of aromatic hydroxyl groups is 1. The maximum atomic E-state index is 13.1. The molecule has 25 heavy (non-hydrogen) atoms. The highest BCUT2D eigenvalue weighted by atomic mass is 19.2. The quantitative estimate of drug-likeness (QED) is 0.493. The van der Waals surface area contributed by atoms with Crippen LogP contribution in [0.15, 0.2) is 42.5 Å². The monoisotopic (exact) mass is 348 g/mol. The van der Waals surface area contributed by atoms with E-state index in [1.165, 1.54) is 25.3 Å². The zero-order valence-electron chi connectivity index (χ0n) is 13.2. The number of carbonyl (C=O) groups excluding carboxylic acids is 2. The van der Waals surface area contributed by atoms with Crippen molar-refractivity contribution < 1.29 is 33.0 Å². The van der Waals surface area contributed by atoms with Crippen LogP contribution in [0.5, 0.6) is 11.5 Å². The van der Waals surface area contributed by atoms with Crippen LogP contribution in [0.1, 0.15) is 15.9 Å². The van der Waals surface area contributed by atoms with Gasteiger partial charge in [0, 0.05) is 11.6 Å². The maximum absolute atomic E-state index is 13.1. The van der Waals surface area contributed by atoms with E-state index in [0.717, 1.165) is 24.3 Å². The molecule has 0 radical (unpaired) electrons. The van der Waals surface area contributed by atoms with Crippen LogP contribution in [0, 0.1) is 11.6 Å². The first-order valence-electron chi connectivity index (χ1n) is 7.11. The SMILES string of the molecule is COc1cc(C=CC(=O)OCC(=O)c2ccc(F)c(F)c2)ccc1O. The van der Waals surface area contributed by atoms with Crippen LogP contribution in [0.25, 0.3) is 6.08 Å². The lowest BCUT2D eigenvalue weighted by Gasteiger charge is -2.04. The lowest BCUT2D eigenvalue weighted by atomic mass is 10.1. The summed E-state index contributed by atoms with van der Waals surface area (Å²) in [6.45, 7) is -0.604. The van der Waals surface area contributed by atoms with Crippen molar-refractivity contribution in [2.75, 3.05) is 13.7 Å². The van der Waals surface area contributed by atoms with Gasteiger partial charge in [0.25, 0.3) is 0 Å². The van der Waals surface area contributed by atoms with E-state index in [1.807, 2.05) is 0 Å². The van der Waals surface area contributed by atoms with Crippen molar-refractivity contribution in [2.24, 2.45) is 0 Å². The van der Waals surface area contributed by atoms with Gasteiger partial charge in [-0.25, -0.2) is 13.6 Å². The molecule has 0 aliphatic heterocycles. The van der Waals surface area contributed by atoms with Gasteiger partial charge in [-0.3, -0.25) is 4.79 Å². The minimum atomic E-state index is -1.15. The largest absolute Gasteiger partial charge is 0.504 e. The number of hydrogen-bond donors (Lipinski definition) is 1. The summed E-state index contributed by atoms with van der Waals surface area (Å²) >= 11 is 0. The number of methoxy groups -OCH3 is 1. The molecule has 5 nitrogen and oxygen atoms in total. The molecule has 0 atom stereocenters. The van der Waals surface area contributed by atoms with Gasteiger partial charge in [0.1, 0.15) is 0 Å². The molecule has 2 rings (SSSR count). The molecule has 2 aromatic rings. The summed E-state index contributed by atoms with van der Waals surface area (Å²) < 4.78 is 35.6. The van der Waals surface area contributed by atoms with Gasteiger partial charge in [-0.1, -0.05) is 6.07 Å². The van der Waals surface area contributed by atoms with Gasteiger partial charge in [-0.15, -0.1) is 0 Å². The molecule has 2 aromatic carbocycles. The predicted octanol–water partition coefficient (Wildman–Crippen LogP) is 3.12. The molecule has 0 saturated heterocycles. The van der Waals surface area contributed by atoms with E-state index in [4.69, 9.17) is 9.47 Å². The van der Waals surface area contributed by atoms with E-state index < -0.39 is 30.0 Å². The van der Waals surface area contributed by atoms with Crippen molar-refractivity contribution in [1.82, 2.24) is 0 Å². The van der Waals surface area contributed by atoms with Gasteiger partial charge in [0.2, 0.25) is 0 Å². The fourth-order valence-electron chi connectivity index (χ4n) is 1.90. The van der Waals surface area contributed by atoms with E-state index in [1.54, 1.807) is 6.07 Å². The van der Waals surface area contributed by atoms with Crippen LogP contribution >= 0.6 is 0 Å². The average Bonchev–Trinajstić information content (AvgIpc) is 2.61. The Balaban J connectivity index is 1.93. The maximum Gasteiger partial charge on any atom is 0.331 e. The third kappa shape index (κ3) is 4.87. The summed E-state index contributed by atoms with van der Waals surface area (Å²) in [5, 5.41) is 9.47. The van der Waals surface area contributed by atoms with Crippen LogP contribution < -0.4 is 4.74 Å². The van der Waals surface area contributed by atoms with Crippen LogP contribution in [-0.4, -0.2) is 30.6 Å². The molecular weight excluding hydrogens is 334 g/mol. The van der Waals surface area contributed by atoms with Gasteiger partial charge in [-0.05, 0) is 42.0 Å². The Morgan fingerprint density at radius 3 is 2.56 bits per heavy atom. The molecule has 0 aliphatic rings. The lowest BCUT2D eigenvalue weighted by Crippen LogP contribution is -2.13. The lowest BCUT2D eigenvalue weighted by molar-refractivity contribution is -0.136. The average molecular weight is 348 g/mol. The minimum Gasteiger partial charge on any atom is -0.504 e. The Morgan fingerprint density at radius 1 is 1.12 bits per heavy atom. The number of esters is 1. The van der Waals surface area contributed by atoms with Crippen LogP contribution in [-0.2, 0) is 9.53 Å². The first kappa shape index (κ1) is 18.1. The summed E-state index contributed by atoms with van der Waals surface area (Å²) in [6, 6.07) is 7.12. The molecule has 0 fully saturated rings. The van der Waals surface area contributed by atoms with E-state index in [9.17, 15) is 23.5 Å². The fraction of sp³-hybridized carbons (Fsp3) is 0.111. The molecular formula is C18H14F2O5. The summed E-state index contributed by atoms with van der Waals surface area (Å²) in [5.41, 5.74) is 0.470. The van der Waals surface area contributed by atoms with Gasteiger partial charge >= 0.3 is 5.97 Å². The molecule has 0 heterocycles. The summed E-state index contributed by atoms with van der Waals surface area (Å²) in [6.07, 6.45) is 2.50. The highest BCUT2D eigenvalue weighted by molar-refractivity contribution is 5.98. The fourth-order valence-corrected chi connectivity index (χ4v) is 1.90. The van der Waals surface area contributed by atoms with Crippen molar-refractivity contribution in [1.29, 1.82) is 0 Å². The summed E-state index contributed by atoms with van der Waals surface area (Å²) in [7, 11) is 1.39. The second-order valence-corrected chi connectivity index (χ2v) is 4.92. The minimum absolute atomic E-state index is 0.0423. The number of ether oxygens (including phenoxy) is 2. The number of benzene rings is 2. The zero-order chi connectivity index (χ0) is 18.4. The number of rotatable bonds is 6. The molecule has 0 aromatic heterocycles. The van der Waals surface area contributed by atoms with E-state index in [2.05, 4.69) is 0 Å². The van der Waals surface area contributed by atoms with Crippen molar-refractivity contribution in [3.63, 3.8) is 0 Å². The first-order chi connectivity index (χ1) is 11.9. The Kier molecular flexibility index (Phi) is 5.84. The second kappa shape index (κ2) is 8.05. The molecule has 1 N–H and O–H groups in total. The van der Waals surface area contributed by atoms with Crippen molar-refractivity contribution in [3.05, 3.63) is 65.2 Å². The van der Waals surface area contributed by atoms with Crippen LogP contribution in [0.2, 0.25) is 0 Å². The topological polar surface area (TPSA) is 72.8 Å². The number of ketones is 1. The smallest absolute Gasteiger partial charge is 0.331 e. The van der Waals surface area contributed by atoms with Gasteiger partial charge in [-0.2, -0.15) is 0 Å². The standard InChI is InChI=1S/C18H14F2O5/c1-24-17-8-11(2-6-15(17)21)3-7-18(23)25-10-16(22)12-4-5-13(19)14(20)9-12/h2-9,21H,10H2,1H3.